The quantitative estimate of drug-likeness (QED) is 0.778. The van der Waals surface area contributed by atoms with Crippen molar-refractivity contribution in [1.82, 2.24) is 20.5 Å². The van der Waals surface area contributed by atoms with Crippen molar-refractivity contribution >= 4 is 11.9 Å². The van der Waals surface area contributed by atoms with E-state index in [0.717, 1.165) is 0 Å². The maximum atomic E-state index is 12.8. The molecule has 118 valence electrons. The van der Waals surface area contributed by atoms with Crippen LogP contribution in [0.1, 0.15) is 44.1 Å². The largest absolute Gasteiger partial charge is 0.479 e. The number of aromatic amines is 1. The van der Waals surface area contributed by atoms with Gasteiger partial charge in [0.25, 0.3) is 5.91 Å². The fourth-order valence-electron chi connectivity index (χ4n) is 1.23. The zero-order chi connectivity index (χ0) is 16.6. The average Bonchev–Trinajstić information content (AvgIpc) is 2.75. The van der Waals surface area contributed by atoms with E-state index in [1.54, 1.807) is 20.8 Å². The minimum Gasteiger partial charge on any atom is -0.479 e. The second-order valence-corrected chi connectivity index (χ2v) is 5.64. The zero-order valence-corrected chi connectivity index (χ0v) is 11.8. The summed E-state index contributed by atoms with van der Waals surface area (Å²) < 4.78 is 38.3. The Hall–Kier alpha value is -2.13. The smallest absolute Gasteiger partial charge is 0.422 e. The standard InChI is InChI=1S/C11H15F3N4O3/c1-9(2,3)7-15-5(17-18-7)6(19)16-10(4,8(20)21)11(12,13)14/h1-4H3,(H,16,19)(H,20,21)(H,15,17,18). The number of carboxylic acid groups (broad SMARTS) is 1. The molecular weight excluding hydrogens is 293 g/mol. The molecule has 1 rings (SSSR count). The highest BCUT2D eigenvalue weighted by Gasteiger charge is 2.58. The van der Waals surface area contributed by atoms with Crippen LogP contribution in [-0.4, -0.2) is 43.9 Å². The number of carbonyl (C=O) groups is 2. The van der Waals surface area contributed by atoms with Gasteiger partial charge in [0.05, 0.1) is 0 Å². The van der Waals surface area contributed by atoms with E-state index in [0.29, 0.717) is 6.92 Å². The highest BCUT2D eigenvalue weighted by molar-refractivity contribution is 5.95. The first-order chi connectivity index (χ1) is 9.29. The fourth-order valence-corrected chi connectivity index (χ4v) is 1.23. The molecule has 3 N–H and O–H groups in total. The molecule has 1 aromatic heterocycles. The number of hydrogen-bond donors (Lipinski definition) is 3. The second kappa shape index (κ2) is 5.01. The third-order valence-electron chi connectivity index (χ3n) is 2.76. The Balaban J connectivity index is 3.05. The van der Waals surface area contributed by atoms with Crippen LogP contribution in [0.2, 0.25) is 0 Å². The second-order valence-electron chi connectivity index (χ2n) is 5.64. The molecule has 1 unspecified atom stereocenters. The minimum atomic E-state index is -5.17. The number of carbonyl (C=O) groups excluding carboxylic acids is 1. The first kappa shape index (κ1) is 16.9. The van der Waals surface area contributed by atoms with E-state index in [9.17, 15) is 22.8 Å². The van der Waals surface area contributed by atoms with Crippen LogP contribution in [0.5, 0.6) is 0 Å². The number of halogens is 3. The number of nitrogens with one attached hydrogen (secondary N) is 2. The molecular formula is C11H15F3N4O3. The third kappa shape index (κ3) is 3.31. The van der Waals surface area contributed by atoms with E-state index >= 15 is 0 Å². The van der Waals surface area contributed by atoms with E-state index in [-0.39, 0.29) is 5.82 Å². The maximum absolute atomic E-state index is 12.8. The summed E-state index contributed by atoms with van der Waals surface area (Å²) in [7, 11) is 0. The van der Waals surface area contributed by atoms with Crippen LogP contribution in [0.4, 0.5) is 13.2 Å². The zero-order valence-electron chi connectivity index (χ0n) is 11.8. The van der Waals surface area contributed by atoms with Gasteiger partial charge >= 0.3 is 12.1 Å². The van der Waals surface area contributed by atoms with Gasteiger partial charge in [0.2, 0.25) is 11.4 Å². The highest BCUT2D eigenvalue weighted by Crippen LogP contribution is 2.30. The molecule has 10 heteroatoms. The first-order valence-electron chi connectivity index (χ1n) is 5.84. The van der Waals surface area contributed by atoms with E-state index in [2.05, 4.69) is 15.2 Å². The van der Waals surface area contributed by atoms with Crippen LogP contribution in [-0.2, 0) is 10.2 Å². The molecule has 1 heterocycles. The summed E-state index contributed by atoms with van der Waals surface area (Å²) in [6.45, 7) is 5.62. The third-order valence-corrected chi connectivity index (χ3v) is 2.76. The van der Waals surface area contributed by atoms with Gasteiger partial charge in [0.1, 0.15) is 5.82 Å². The van der Waals surface area contributed by atoms with E-state index in [1.165, 1.54) is 5.32 Å². The SMILES string of the molecule is CC(C)(C)c1nc(C(=O)NC(C)(C(=O)O)C(F)(F)F)n[nH]1. The number of aromatic nitrogens is 3. The van der Waals surface area contributed by atoms with E-state index in [4.69, 9.17) is 5.11 Å². The van der Waals surface area contributed by atoms with Gasteiger partial charge in [-0.25, -0.2) is 9.78 Å². The molecule has 21 heavy (non-hydrogen) atoms. The predicted octanol–water partition coefficient (Wildman–Crippen LogP) is 1.24. The monoisotopic (exact) mass is 308 g/mol. The van der Waals surface area contributed by atoms with Crippen molar-refractivity contribution < 1.29 is 27.9 Å². The summed E-state index contributed by atoms with van der Waals surface area (Å²) >= 11 is 0. The topological polar surface area (TPSA) is 108 Å². The summed E-state index contributed by atoms with van der Waals surface area (Å²) in [6, 6.07) is 0. The lowest BCUT2D eigenvalue weighted by molar-refractivity contribution is -0.203. The van der Waals surface area contributed by atoms with Crippen molar-refractivity contribution in [3.63, 3.8) is 0 Å². The number of hydrogen-bond acceptors (Lipinski definition) is 4. The van der Waals surface area contributed by atoms with Gasteiger partial charge in [0, 0.05) is 5.41 Å². The van der Waals surface area contributed by atoms with Crippen molar-refractivity contribution in [2.75, 3.05) is 0 Å². The van der Waals surface area contributed by atoms with Gasteiger partial charge in [-0.3, -0.25) is 9.89 Å². The van der Waals surface area contributed by atoms with Gasteiger partial charge < -0.3 is 10.4 Å². The Morgan fingerprint density at radius 2 is 1.71 bits per heavy atom. The van der Waals surface area contributed by atoms with Crippen LogP contribution in [0.25, 0.3) is 0 Å². The molecule has 1 atom stereocenters. The van der Waals surface area contributed by atoms with Gasteiger partial charge in [-0.1, -0.05) is 20.8 Å². The fraction of sp³-hybridized carbons (Fsp3) is 0.636. The molecule has 0 aliphatic carbocycles. The van der Waals surface area contributed by atoms with Crippen LogP contribution >= 0.6 is 0 Å². The van der Waals surface area contributed by atoms with Gasteiger partial charge in [-0.15, -0.1) is 5.10 Å². The lowest BCUT2D eigenvalue weighted by Gasteiger charge is -2.27. The molecule has 0 saturated heterocycles. The predicted molar refractivity (Wildman–Crippen MR) is 64.6 cm³/mol. The van der Waals surface area contributed by atoms with Crippen molar-refractivity contribution in [2.45, 2.75) is 44.8 Å². The number of nitrogens with zero attached hydrogens (tertiary/aromatic N) is 2. The summed E-state index contributed by atoms with van der Waals surface area (Å²) in [5.41, 5.74) is -3.92. The van der Waals surface area contributed by atoms with E-state index < -0.39 is 34.8 Å². The molecule has 0 bridgehead atoms. The lowest BCUT2D eigenvalue weighted by atomic mass is 9.96. The average molecular weight is 308 g/mol. The number of rotatable bonds is 3. The Kier molecular flexibility index (Phi) is 4.04. The van der Waals surface area contributed by atoms with Gasteiger partial charge in [-0.05, 0) is 6.92 Å². The summed E-state index contributed by atoms with van der Waals surface area (Å²) in [5.74, 6) is -3.83. The Morgan fingerprint density at radius 3 is 2.05 bits per heavy atom. The molecule has 0 aliphatic heterocycles. The normalized spacial score (nSPS) is 15.4. The Labute approximate surface area is 117 Å². The molecule has 0 aromatic carbocycles. The Morgan fingerprint density at radius 1 is 1.19 bits per heavy atom. The molecule has 1 aromatic rings. The van der Waals surface area contributed by atoms with Crippen molar-refractivity contribution in [2.24, 2.45) is 0 Å². The van der Waals surface area contributed by atoms with Crippen molar-refractivity contribution in [3.05, 3.63) is 11.6 Å². The number of H-pyrrole nitrogens is 1. The molecule has 0 saturated carbocycles. The molecule has 1 amide bonds. The minimum absolute atomic E-state index is 0.289. The number of alkyl halides is 3. The van der Waals surface area contributed by atoms with Crippen LogP contribution in [0, 0.1) is 0 Å². The van der Waals surface area contributed by atoms with Crippen LogP contribution in [0.15, 0.2) is 0 Å². The summed E-state index contributed by atoms with van der Waals surface area (Å²) in [4.78, 5) is 26.3. The van der Waals surface area contributed by atoms with E-state index in [1.807, 2.05) is 0 Å². The molecule has 7 nitrogen and oxygen atoms in total. The number of amides is 1. The number of aliphatic carboxylic acids is 1. The number of carboxylic acids is 1. The van der Waals surface area contributed by atoms with Crippen molar-refractivity contribution in [3.8, 4) is 0 Å². The summed E-state index contributed by atoms with van der Waals surface area (Å²) in [6.07, 6.45) is -5.17. The van der Waals surface area contributed by atoms with Crippen LogP contribution < -0.4 is 5.32 Å². The van der Waals surface area contributed by atoms with Crippen LogP contribution in [0.3, 0.4) is 0 Å². The first-order valence-corrected chi connectivity index (χ1v) is 5.84. The lowest BCUT2D eigenvalue weighted by Crippen LogP contribution is -2.62. The molecule has 0 aliphatic rings. The summed E-state index contributed by atoms with van der Waals surface area (Å²) in [5, 5.41) is 16.0. The molecule has 0 radical (unpaired) electrons. The molecule has 0 fully saturated rings. The van der Waals surface area contributed by atoms with Crippen molar-refractivity contribution in [1.29, 1.82) is 0 Å². The van der Waals surface area contributed by atoms with Gasteiger partial charge in [0.15, 0.2) is 0 Å². The van der Waals surface area contributed by atoms with Gasteiger partial charge in [-0.2, -0.15) is 13.2 Å². The molecule has 0 spiro atoms. The Bertz CT molecular complexity index is 562. The highest BCUT2D eigenvalue weighted by atomic mass is 19.4. The maximum Gasteiger partial charge on any atom is 0.422 e.